The van der Waals surface area contributed by atoms with Gasteiger partial charge in [-0.25, -0.2) is 8.42 Å². The number of sulfone groups is 1. The van der Waals surface area contributed by atoms with Crippen molar-refractivity contribution in [2.45, 2.75) is 25.2 Å². The van der Waals surface area contributed by atoms with Gasteiger partial charge in [-0.15, -0.1) is 0 Å². The zero-order valence-corrected chi connectivity index (χ0v) is 13.3. The summed E-state index contributed by atoms with van der Waals surface area (Å²) < 4.78 is 24.5. The molecule has 0 spiro atoms. The van der Waals surface area contributed by atoms with Crippen molar-refractivity contribution >= 4 is 9.84 Å². The Morgan fingerprint density at radius 3 is 2.40 bits per heavy atom. The minimum atomic E-state index is -3.26. The lowest BCUT2D eigenvalue weighted by Gasteiger charge is -2.17. The van der Waals surface area contributed by atoms with Crippen LogP contribution >= 0.6 is 0 Å². The number of nitrogens with zero attached hydrogens (tertiary/aromatic N) is 1. The van der Waals surface area contributed by atoms with Crippen molar-refractivity contribution in [3.8, 4) is 0 Å². The summed E-state index contributed by atoms with van der Waals surface area (Å²) in [7, 11) is -1.44. The monoisotopic (exact) mass is 293 g/mol. The number of rotatable bonds is 7. The maximum Gasteiger partial charge on any atom is 0.191 e. The van der Waals surface area contributed by atoms with Crippen molar-refractivity contribution in [2.75, 3.05) is 19.5 Å². The van der Waals surface area contributed by atoms with Gasteiger partial charge in [-0.1, -0.05) is 42.0 Å². The molecule has 3 nitrogen and oxygen atoms in total. The summed E-state index contributed by atoms with van der Waals surface area (Å²) in [6.45, 7) is 8.33. The highest BCUT2D eigenvalue weighted by Gasteiger charge is 2.16. The fourth-order valence-corrected chi connectivity index (χ4v) is 3.27. The minimum absolute atomic E-state index is 0.0319. The Balaban J connectivity index is 2.66. The summed E-state index contributed by atoms with van der Waals surface area (Å²) in [6.07, 6.45) is 4.61. The molecule has 0 heterocycles. The van der Waals surface area contributed by atoms with Gasteiger partial charge >= 0.3 is 0 Å². The maximum atomic E-state index is 12.3. The van der Waals surface area contributed by atoms with Gasteiger partial charge in [0.05, 0.1) is 4.90 Å². The quantitative estimate of drug-likeness (QED) is 0.725. The molecule has 0 aliphatic rings. The summed E-state index contributed by atoms with van der Waals surface area (Å²) >= 11 is 0. The van der Waals surface area contributed by atoms with E-state index in [1.54, 1.807) is 12.1 Å². The first-order valence-electron chi connectivity index (χ1n) is 6.64. The first kappa shape index (κ1) is 16.7. The molecule has 1 aromatic rings. The average Bonchev–Trinajstić information content (AvgIpc) is 2.39. The molecule has 0 N–H and O–H groups in total. The normalized spacial score (nSPS) is 12.7. The van der Waals surface area contributed by atoms with Gasteiger partial charge in [0.15, 0.2) is 9.84 Å². The fourth-order valence-electron chi connectivity index (χ4n) is 1.86. The average molecular weight is 293 g/mol. The second-order valence-electron chi connectivity index (χ2n) is 4.95. The molecule has 110 valence electrons. The fraction of sp³-hybridized carbons (Fsp3) is 0.375. The molecular formula is C16H23NO2S. The van der Waals surface area contributed by atoms with Gasteiger partial charge in [-0.3, -0.25) is 4.90 Å². The predicted molar refractivity (Wildman–Crippen MR) is 84.4 cm³/mol. The van der Waals surface area contributed by atoms with Gasteiger partial charge < -0.3 is 0 Å². The Morgan fingerprint density at radius 1 is 1.30 bits per heavy atom. The van der Waals surface area contributed by atoms with Crippen LogP contribution in [-0.2, 0) is 9.84 Å². The topological polar surface area (TPSA) is 37.4 Å². The van der Waals surface area contributed by atoms with E-state index >= 15 is 0 Å². The van der Waals surface area contributed by atoms with E-state index in [0.717, 1.165) is 17.6 Å². The first-order chi connectivity index (χ1) is 9.39. The number of hydrogen-bond donors (Lipinski definition) is 0. The molecule has 1 rings (SSSR count). The molecule has 0 amide bonds. The lowest BCUT2D eigenvalue weighted by atomic mass is 10.2. The lowest BCUT2D eigenvalue weighted by molar-refractivity contribution is 0.386. The summed E-state index contributed by atoms with van der Waals surface area (Å²) in [6, 6.07) is 6.98. The van der Waals surface area contributed by atoms with E-state index in [1.165, 1.54) is 0 Å². The van der Waals surface area contributed by atoms with Crippen LogP contribution in [0.5, 0.6) is 0 Å². The summed E-state index contributed by atoms with van der Waals surface area (Å²) in [5.74, 6) is 0.0319. The van der Waals surface area contributed by atoms with Crippen LogP contribution in [0.1, 0.15) is 18.9 Å². The predicted octanol–water partition coefficient (Wildman–Crippen LogP) is 3.18. The van der Waals surface area contributed by atoms with Crippen LogP contribution < -0.4 is 0 Å². The van der Waals surface area contributed by atoms with Crippen LogP contribution in [0.4, 0.5) is 0 Å². The van der Waals surface area contributed by atoms with Gasteiger partial charge in [0.1, 0.15) is 5.88 Å². The highest BCUT2D eigenvalue weighted by Crippen LogP contribution is 2.13. The zero-order valence-electron chi connectivity index (χ0n) is 12.5. The van der Waals surface area contributed by atoms with Crippen LogP contribution in [0, 0.1) is 6.92 Å². The van der Waals surface area contributed by atoms with E-state index in [-0.39, 0.29) is 5.88 Å². The molecule has 0 bridgehead atoms. The number of aryl methyl sites for hydroxylation is 1. The highest BCUT2D eigenvalue weighted by molar-refractivity contribution is 7.91. The van der Waals surface area contributed by atoms with E-state index < -0.39 is 9.84 Å². The third-order valence-electron chi connectivity index (χ3n) is 3.19. The Morgan fingerprint density at radius 2 is 1.90 bits per heavy atom. The largest absolute Gasteiger partial charge is 0.292 e. The third kappa shape index (κ3) is 4.94. The number of hydrogen-bond acceptors (Lipinski definition) is 3. The summed E-state index contributed by atoms with van der Waals surface area (Å²) in [4.78, 5) is 2.20. The van der Waals surface area contributed by atoms with Crippen LogP contribution in [0.25, 0.3) is 0 Å². The molecule has 4 heteroatoms. The second kappa shape index (κ2) is 7.41. The lowest BCUT2D eigenvalue weighted by Crippen LogP contribution is -2.27. The van der Waals surface area contributed by atoms with Crippen molar-refractivity contribution in [3.05, 3.63) is 54.1 Å². The third-order valence-corrected chi connectivity index (χ3v) is 4.96. The Bertz CT molecular complexity index is 571. The summed E-state index contributed by atoms with van der Waals surface area (Å²) in [5, 5.41) is 0. The molecule has 0 saturated carbocycles. The van der Waals surface area contributed by atoms with Crippen LogP contribution in [-0.4, -0.2) is 32.8 Å². The molecule has 20 heavy (non-hydrogen) atoms. The second-order valence-corrected chi connectivity index (χ2v) is 6.91. The van der Waals surface area contributed by atoms with Gasteiger partial charge in [0.25, 0.3) is 0 Å². The molecule has 1 aromatic carbocycles. The van der Waals surface area contributed by atoms with Crippen molar-refractivity contribution in [1.82, 2.24) is 4.90 Å². The maximum absolute atomic E-state index is 12.3. The van der Waals surface area contributed by atoms with Crippen LogP contribution in [0.15, 0.2) is 53.5 Å². The smallest absolute Gasteiger partial charge is 0.191 e. The summed E-state index contributed by atoms with van der Waals surface area (Å²) in [5.41, 5.74) is 2.19. The molecule has 0 aliphatic heterocycles. The molecule has 0 aromatic heterocycles. The number of allylic oxidation sites excluding steroid dienone is 2. The molecule has 0 radical (unpaired) electrons. The van der Waals surface area contributed by atoms with E-state index in [2.05, 4.69) is 6.58 Å². The minimum Gasteiger partial charge on any atom is -0.292 e. The van der Waals surface area contributed by atoms with E-state index in [0.29, 0.717) is 11.4 Å². The molecule has 0 fully saturated rings. The Kier molecular flexibility index (Phi) is 6.17. The Labute approximate surface area is 122 Å². The molecule has 0 atom stereocenters. The van der Waals surface area contributed by atoms with Crippen molar-refractivity contribution in [3.63, 3.8) is 0 Å². The number of benzene rings is 1. The Hall–Kier alpha value is -1.39. The van der Waals surface area contributed by atoms with E-state index in [1.807, 2.05) is 50.1 Å². The van der Waals surface area contributed by atoms with Gasteiger partial charge in [-0.2, -0.15) is 0 Å². The molecule has 0 saturated heterocycles. The van der Waals surface area contributed by atoms with Crippen molar-refractivity contribution in [2.24, 2.45) is 0 Å². The SMILES string of the molecule is C=C/C(=C\C)CCN(C)CS(=O)(=O)c1ccc(C)cc1. The van der Waals surface area contributed by atoms with Gasteiger partial charge in [0, 0.05) is 6.54 Å². The van der Waals surface area contributed by atoms with Gasteiger partial charge in [-0.05, 0) is 39.4 Å². The van der Waals surface area contributed by atoms with Crippen LogP contribution in [0.3, 0.4) is 0 Å². The molecule has 0 unspecified atom stereocenters. The van der Waals surface area contributed by atoms with Crippen molar-refractivity contribution in [1.29, 1.82) is 0 Å². The highest BCUT2D eigenvalue weighted by atomic mass is 32.2. The van der Waals surface area contributed by atoms with E-state index in [4.69, 9.17) is 0 Å². The molecule has 0 aliphatic carbocycles. The zero-order chi connectivity index (χ0) is 15.2. The molecular weight excluding hydrogens is 270 g/mol. The standard InChI is InChI=1S/C16H23NO2S/c1-5-15(6-2)11-12-17(4)13-20(18,19)16-9-7-14(3)8-10-16/h5-10H,1,11-13H2,2-4H3/b15-6+. The van der Waals surface area contributed by atoms with Gasteiger partial charge in [0.2, 0.25) is 0 Å². The van der Waals surface area contributed by atoms with Crippen LogP contribution in [0.2, 0.25) is 0 Å². The van der Waals surface area contributed by atoms with E-state index in [9.17, 15) is 8.42 Å². The first-order valence-corrected chi connectivity index (χ1v) is 8.30. The van der Waals surface area contributed by atoms with Crippen molar-refractivity contribution < 1.29 is 8.42 Å².